The summed E-state index contributed by atoms with van der Waals surface area (Å²) < 4.78 is 31.1. The Hall–Kier alpha value is -2.02. The van der Waals surface area contributed by atoms with Gasteiger partial charge in [0.2, 0.25) is 10.0 Å². The Morgan fingerprint density at radius 2 is 2.12 bits per heavy atom. The topological polar surface area (TPSA) is 75.7 Å². The van der Waals surface area contributed by atoms with E-state index in [-0.39, 0.29) is 12.5 Å². The second-order valence-electron chi connectivity index (χ2n) is 6.52. The van der Waals surface area contributed by atoms with Crippen LogP contribution in [0.3, 0.4) is 0 Å². The molecule has 1 heterocycles. The van der Waals surface area contributed by atoms with E-state index >= 15 is 0 Å². The Morgan fingerprint density at radius 3 is 2.84 bits per heavy atom. The molecule has 6 nitrogen and oxygen atoms in total. The average Bonchev–Trinajstić information content (AvgIpc) is 2.60. The van der Waals surface area contributed by atoms with Gasteiger partial charge in [-0.25, -0.2) is 8.42 Å². The molecule has 1 amide bonds. The first-order valence-corrected chi connectivity index (χ1v) is 10.5. The zero-order valence-electron chi connectivity index (χ0n) is 14.4. The number of ether oxygens (including phenoxy) is 1. The first-order chi connectivity index (χ1) is 11.9. The molecule has 0 bridgehead atoms. The maximum Gasteiger partial charge on any atom is 0.263 e. The van der Waals surface area contributed by atoms with Crippen LogP contribution in [0.2, 0.25) is 0 Å². The number of nitrogens with zero attached hydrogens (tertiary/aromatic N) is 1. The van der Waals surface area contributed by atoms with Crippen molar-refractivity contribution in [3.8, 4) is 5.75 Å². The van der Waals surface area contributed by atoms with E-state index in [1.807, 2.05) is 0 Å². The van der Waals surface area contributed by atoms with E-state index in [0.717, 1.165) is 25.5 Å². The number of carbonyl (C=O) groups is 1. The van der Waals surface area contributed by atoms with Gasteiger partial charge >= 0.3 is 0 Å². The second kappa shape index (κ2) is 7.47. The highest BCUT2D eigenvalue weighted by Gasteiger charge is 2.34. The molecule has 1 aromatic rings. The Labute approximate surface area is 148 Å². The Balaban J connectivity index is 1.64. The van der Waals surface area contributed by atoms with Crippen molar-refractivity contribution in [3.05, 3.63) is 35.9 Å². The molecule has 1 aliphatic carbocycles. The normalized spacial score (nSPS) is 20.3. The predicted octanol–water partition coefficient (Wildman–Crippen LogP) is 2.22. The van der Waals surface area contributed by atoms with Crippen LogP contribution in [0.5, 0.6) is 5.75 Å². The summed E-state index contributed by atoms with van der Waals surface area (Å²) in [6.45, 7) is 0.537. The lowest BCUT2D eigenvalue weighted by molar-refractivity contribution is -0.127. The minimum Gasteiger partial charge on any atom is -0.476 e. The van der Waals surface area contributed by atoms with Gasteiger partial charge in [-0.05, 0) is 44.2 Å². The van der Waals surface area contributed by atoms with E-state index < -0.39 is 16.1 Å². The number of nitrogens with one attached hydrogen (secondary N) is 1. The fraction of sp³-hybridized carbons (Fsp3) is 0.500. The fourth-order valence-electron chi connectivity index (χ4n) is 3.24. The summed E-state index contributed by atoms with van der Waals surface area (Å²) in [6, 6.07) is 6.87. The summed E-state index contributed by atoms with van der Waals surface area (Å²) in [5.41, 5.74) is 1.86. The molecule has 0 aromatic heterocycles. The lowest BCUT2D eigenvalue weighted by Gasteiger charge is -2.33. The summed E-state index contributed by atoms with van der Waals surface area (Å²) in [5.74, 6) is 0.133. The van der Waals surface area contributed by atoms with Gasteiger partial charge in [0, 0.05) is 6.54 Å². The number of benzene rings is 1. The summed E-state index contributed by atoms with van der Waals surface area (Å²) in [4.78, 5) is 12.4. The standard InChI is InChI=1S/C18H24N2O4S/c1-25(22,23)20-13-17(24-16-10-6-5-9-15(16)20)18(21)19-12-11-14-7-3-2-4-8-14/h5-7,9-10,17H,2-4,8,11-13H2,1H3,(H,19,21)/t17-/m1/s1. The molecule has 0 saturated carbocycles. The summed E-state index contributed by atoms with van der Waals surface area (Å²) in [7, 11) is -3.48. The zero-order chi connectivity index (χ0) is 17.9. The largest absolute Gasteiger partial charge is 0.476 e. The summed E-state index contributed by atoms with van der Waals surface area (Å²) in [5, 5.41) is 2.88. The number of anilines is 1. The van der Waals surface area contributed by atoms with E-state index in [2.05, 4.69) is 11.4 Å². The van der Waals surface area contributed by atoms with Gasteiger partial charge in [-0.15, -0.1) is 0 Å². The highest BCUT2D eigenvalue weighted by atomic mass is 32.2. The predicted molar refractivity (Wildman–Crippen MR) is 97.2 cm³/mol. The van der Waals surface area contributed by atoms with Crippen LogP contribution in [0.4, 0.5) is 5.69 Å². The van der Waals surface area contributed by atoms with Crippen LogP contribution in [-0.4, -0.2) is 39.8 Å². The monoisotopic (exact) mass is 364 g/mol. The van der Waals surface area contributed by atoms with Crippen molar-refractivity contribution in [1.82, 2.24) is 5.32 Å². The van der Waals surface area contributed by atoms with Gasteiger partial charge in [-0.3, -0.25) is 9.10 Å². The molecule has 25 heavy (non-hydrogen) atoms. The van der Waals surface area contributed by atoms with E-state index in [9.17, 15) is 13.2 Å². The quantitative estimate of drug-likeness (QED) is 0.813. The lowest BCUT2D eigenvalue weighted by atomic mass is 9.97. The minimum absolute atomic E-state index is 0.00955. The lowest BCUT2D eigenvalue weighted by Crippen LogP contribution is -2.50. The molecule has 0 spiro atoms. The van der Waals surface area contributed by atoms with Crippen LogP contribution in [0.25, 0.3) is 0 Å². The number of rotatable bonds is 5. The van der Waals surface area contributed by atoms with Crippen LogP contribution in [0.15, 0.2) is 35.9 Å². The molecule has 7 heteroatoms. The number of hydrogen-bond donors (Lipinski definition) is 1. The SMILES string of the molecule is CS(=O)(=O)N1C[C@H](C(=O)NCCC2=CCCCC2)Oc2ccccc21. The number of hydrogen-bond acceptors (Lipinski definition) is 4. The van der Waals surface area contributed by atoms with Crippen LogP contribution in [0, 0.1) is 0 Å². The van der Waals surface area contributed by atoms with Gasteiger partial charge in [-0.2, -0.15) is 0 Å². The van der Waals surface area contributed by atoms with Crippen molar-refractivity contribution < 1.29 is 17.9 Å². The van der Waals surface area contributed by atoms with Gasteiger partial charge in [0.15, 0.2) is 6.10 Å². The van der Waals surface area contributed by atoms with Crippen molar-refractivity contribution in [2.24, 2.45) is 0 Å². The maximum atomic E-state index is 12.4. The molecule has 2 aliphatic rings. The molecular weight excluding hydrogens is 340 g/mol. The smallest absolute Gasteiger partial charge is 0.263 e. The van der Waals surface area contributed by atoms with Gasteiger partial charge in [0.25, 0.3) is 5.91 Å². The van der Waals surface area contributed by atoms with E-state index in [0.29, 0.717) is 18.0 Å². The van der Waals surface area contributed by atoms with E-state index in [1.54, 1.807) is 24.3 Å². The van der Waals surface area contributed by atoms with Crippen LogP contribution in [0.1, 0.15) is 32.1 Å². The van der Waals surface area contributed by atoms with Crippen LogP contribution >= 0.6 is 0 Å². The number of carbonyl (C=O) groups excluding carboxylic acids is 1. The molecule has 0 fully saturated rings. The Kier molecular flexibility index (Phi) is 5.32. The molecule has 0 unspecified atom stereocenters. The van der Waals surface area contributed by atoms with Gasteiger partial charge in [0.1, 0.15) is 5.75 Å². The average molecular weight is 364 g/mol. The van der Waals surface area contributed by atoms with Crippen LogP contribution < -0.4 is 14.4 Å². The van der Waals surface area contributed by atoms with Crippen molar-refractivity contribution in [3.63, 3.8) is 0 Å². The first kappa shape index (κ1) is 17.8. The zero-order valence-corrected chi connectivity index (χ0v) is 15.2. The third-order valence-corrected chi connectivity index (χ3v) is 5.70. The maximum absolute atomic E-state index is 12.4. The molecule has 1 aromatic carbocycles. The first-order valence-electron chi connectivity index (χ1n) is 8.64. The third kappa shape index (κ3) is 4.34. The number of fused-ring (bicyclic) bond motifs is 1. The molecule has 1 N–H and O–H groups in total. The number of allylic oxidation sites excluding steroid dienone is 1. The molecule has 136 valence electrons. The summed E-state index contributed by atoms with van der Waals surface area (Å²) in [6.07, 6.45) is 8.07. The van der Waals surface area contributed by atoms with Gasteiger partial charge < -0.3 is 10.1 Å². The van der Waals surface area contributed by atoms with Gasteiger partial charge in [-0.1, -0.05) is 23.8 Å². The minimum atomic E-state index is -3.48. The third-order valence-electron chi connectivity index (χ3n) is 4.56. The molecule has 3 rings (SSSR count). The second-order valence-corrected chi connectivity index (χ2v) is 8.42. The van der Waals surface area contributed by atoms with Crippen molar-refractivity contribution >= 4 is 21.6 Å². The van der Waals surface area contributed by atoms with Crippen molar-refractivity contribution in [1.29, 1.82) is 0 Å². The van der Waals surface area contributed by atoms with Crippen molar-refractivity contribution in [2.45, 2.75) is 38.2 Å². The van der Waals surface area contributed by atoms with Crippen LogP contribution in [-0.2, 0) is 14.8 Å². The molecule has 0 radical (unpaired) electrons. The highest BCUT2D eigenvalue weighted by Crippen LogP contribution is 2.34. The number of amides is 1. The Morgan fingerprint density at radius 1 is 1.32 bits per heavy atom. The molecular formula is C18H24N2O4S. The van der Waals surface area contributed by atoms with Gasteiger partial charge in [0.05, 0.1) is 18.5 Å². The fourth-order valence-corrected chi connectivity index (χ4v) is 4.16. The Bertz CT molecular complexity index is 773. The van der Waals surface area contributed by atoms with E-state index in [4.69, 9.17) is 4.74 Å². The molecule has 0 saturated heterocycles. The molecule has 1 aliphatic heterocycles. The van der Waals surface area contributed by atoms with E-state index in [1.165, 1.54) is 22.7 Å². The number of sulfonamides is 1. The molecule has 1 atom stereocenters. The van der Waals surface area contributed by atoms with Crippen molar-refractivity contribution in [2.75, 3.05) is 23.7 Å². The highest BCUT2D eigenvalue weighted by molar-refractivity contribution is 7.92. The number of para-hydroxylation sites is 2. The summed E-state index contributed by atoms with van der Waals surface area (Å²) >= 11 is 0.